The van der Waals surface area contributed by atoms with Crippen molar-refractivity contribution in [2.24, 2.45) is 0 Å². The number of hydrogen-bond donors (Lipinski definition) is 2. The molecule has 0 bridgehead atoms. The van der Waals surface area contributed by atoms with Gasteiger partial charge in [0, 0.05) is 49.9 Å². The predicted molar refractivity (Wildman–Crippen MR) is 70.1 cm³/mol. The normalized spacial score (nSPS) is 18.5. The van der Waals surface area contributed by atoms with Crippen LogP contribution in [0.2, 0.25) is 0 Å². The van der Waals surface area contributed by atoms with Gasteiger partial charge >= 0.3 is 0 Å². The van der Waals surface area contributed by atoms with Gasteiger partial charge in [-0.25, -0.2) is 8.78 Å². The van der Waals surface area contributed by atoms with Crippen LogP contribution in [0.3, 0.4) is 0 Å². The molecule has 1 aliphatic rings. The maximum absolute atomic E-state index is 14.0. The van der Waals surface area contributed by atoms with Crippen LogP contribution in [0.5, 0.6) is 5.75 Å². The number of rotatable bonds is 4. The molecular formula is C14H20F2N2O. The van der Waals surface area contributed by atoms with Crippen LogP contribution in [-0.4, -0.2) is 36.2 Å². The van der Waals surface area contributed by atoms with Gasteiger partial charge in [-0.15, -0.1) is 0 Å². The molecule has 2 N–H and O–H groups in total. The number of phenolic OH excluding ortho intramolecular Hbond substituents is 1. The summed E-state index contributed by atoms with van der Waals surface area (Å²) in [5, 5.41) is 13.1. The van der Waals surface area contributed by atoms with E-state index in [4.69, 9.17) is 0 Å². The third kappa shape index (κ3) is 3.22. The second-order valence-electron chi connectivity index (χ2n) is 4.91. The van der Waals surface area contributed by atoms with E-state index in [1.807, 2.05) is 6.92 Å². The highest BCUT2D eigenvalue weighted by atomic mass is 19.1. The Morgan fingerprint density at radius 3 is 2.58 bits per heavy atom. The summed E-state index contributed by atoms with van der Waals surface area (Å²) in [5.74, 6) is -1.68. The molecule has 2 rings (SSSR count). The minimum absolute atomic E-state index is 0.187. The number of benzene rings is 1. The van der Waals surface area contributed by atoms with Gasteiger partial charge in [-0.05, 0) is 6.42 Å². The molecule has 0 unspecified atom stereocenters. The summed E-state index contributed by atoms with van der Waals surface area (Å²) >= 11 is 0. The van der Waals surface area contributed by atoms with Crippen LogP contribution >= 0.6 is 0 Å². The molecule has 1 saturated heterocycles. The average Bonchev–Trinajstić information content (AvgIpc) is 2.37. The molecule has 1 heterocycles. The zero-order valence-electron chi connectivity index (χ0n) is 11.1. The van der Waals surface area contributed by atoms with Crippen molar-refractivity contribution in [2.75, 3.05) is 26.2 Å². The second-order valence-corrected chi connectivity index (χ2v) is 4.91. The Hall–Kier alpha value is -1.20. The second kappa shape index (κ2) is 6.30. The Balaban J connectivity index is 2.32. The average molecular weight is 270 g/mol. The number of hydrogen-bond acceptors (Lipinski definition) is 3. The highest BCUT2D eigenvalue weighted by molar-refractivity contribution is 5.36. The number of halogens is 2. The molecule has 1 aromatic rings. The van der Waals surface area contributed by atoms with Gasteiger partial charge < -0.3 is 10.4 Å². The molecular weight excluding hydrogens is 250 g/mol. The molecule has 0 spiro atoms. The van der Waals surface area contributed by atoms with Crippen LogP contribution in [0.4, 0.5) is 8.78 Å². The van der Waals surface area contributed by atoms with Crippen LogP contribution in [0.25, 0.3) is 0 Å². The van der Waals surface area contributed by atoms with Gasteiger partial charge in [0.1, 0.15) is 17.4 Å². The predicted octanol–water partition coefficient (Wildman–Crippen LogP) is 2.42. The third-order valence-corrected chi connectivity index (χ3v) is 3.56. The lowest BCUT2D eigenvalue weighted by molar-refractivity contribution is 0.158. The topological polar surface area (TPSA) is 35.5 Å². The number of nitrogens with one attached hydrogen (secondary N) is 1. The van der Waals surface area contributed by atoms with Crippen molar-refractivity contribution in [3.05, 3.63) is 29.3 Å². The van der Waals surface area contributed by atoms with Crippen molar-refractivity contribution in [2.45, 2.75) is 25.8 Å². The Morgan fingerprint density at radius 1 is 1.32 bits per heavy atom. The standard InChI is InChI=1S/C14H20F2N2O/c1-2-3-12(18-6-4-17-5-7-18)14-11(16)8-10(15)9-13(14)19/h8-9,12,17,19H,2-7H2,1H3/t12-/m1/s1. The first kappa shape index (κ1) is 14.2. The van der Waals surface area contributed by atoms with Gasteiger partial charge in [-0.2, -0.15) is 0 Å². The molecule has 0 radical (unpaired) electrons. The van der Waals surface area contributed by atoms with Gasteiger partial charge in [0.05, 0.1) is 0 Å². The molecule has 3 nitrogen and oxygen atoms in total. The Bertz CT molecular complexity index is 410. The minimum Gasteiger partial charge on any atom is -0.507 e. The van der Waals surface area contributed by atoms with Gasteiger partial charge in [-0.3, -0.25) is 4.90 Å². The van der Waals surface area contributed by atoms with E-state index in [0.29, 0.717) is 0 Å². The van der Waals surface area contributed by atoms with Crippen LogP contribution in [0, 0.1) is 11.6 Å². The van der Waals surface area contributed by atoms with Crippen LogP contribution < -0.4 is 5.32 Å². The summed E-state index contributed by atoms with van der Waals surface area (Å²) < 4.78 is 27.1. The smallest absolute Gasteiger partial charge is 0.134 e. The van der Waals surface area contributed by atoms with Gasteiger partial charge in [0.15, 0.2) is 0 Å². The Morgan fingerprint density at radius 2 is 2.00 bits per heavy atom. The molecule has 0 aliphatic carbocycles. The first-order valence-corrected chi connectivity index (χ1v) is 6.76. The fraction of sp³-hybridized carbons (Fsp3) is 0.571. The van der Waals surface area contributed by atoms with Crippen molar-refractivity contribution in [3.63, 3.8) is 0 Å². The van der Waals surface area contributed by atoms with Gasteiger partial charge in [-0.1, -0.05) is 13.3 Å². The summed E-state index contributed by atoms with van der Waals surface area (Å²) in [6.07, 6.45) is 1.63. The number of nitrogens with zero attached hydrogens (tertiary/aromatic N) is 1. The van der Waals surface area contributed by atoms with E-state index in [9.17, 15) is 13.9 Å². The van der Waals surface area contributed by atoms with Crippen LogP contribution in [0.15, 0.2) is 12.1 Å². The van der Waals surface area contributed by atoms with E-state index >= 15 is 0 Å². The van der Waals surface area contributed by atoms with Crippen molar-refractivity contribution in [3.8, 4) is 5.75 Å². The lowest BCUT2D eigenvalue weighted by Crippen LogP contribution is -2.45. The molecule has 19 heavy (non-hydrogen) atoms. The zero-order chi connectivity index (χ0) is 13.8. The van der Waals surface area contributed by atoms with E-state index in [1.54, 1.807) is 0 Å². The fourth-order valence-electron chi connectivity index (χ4n) is 2.68. The highest BCUT2D eigenvalue weighted by Crippen LogP contribution is 2.35. The summed E-state index contributed by atoms with van der Waals surface area (Å²) in [4.78, 5) is 2.15. The lowest BCUT2D eigenvalue weighted by Gasteiger charge is -2.35. The molecule has 0 aromatic heterocycles. The molecule has 5 heteroatoms. The number of phenols is 1. The molecule has 1 aromatic carbocycles. The SMILES string of the molecule is CCC[C@H](c1c(O)cc(F)cc1F)N1CCNCC1. The van der Waals surface area contributed by atoms with Gasteiger partial charge in [0.25, 0.3) is 0 Å². The summed E-state index contributed by atoms with van der Waals surface area (Å²) in [7, 11) is 0. The fourth-order valence-corrected chi connectivity index (χ4v) is 2.68. The first-order valence-electron chi connectivity index (χ1n) is 6.76. The molecule has 106 valence electrons. The van der Waals surface area contributed by atoms with Crippen molar-refractivity contribution in [1.29, 1.82) is 0 Å². The zero-order valence-corrected chi connectivity index (χ0v) is 11.1. The number of piperazine rings is 1. The Kier molecular flexibility index (Phi) is 4.71. The van der Waals surface area contributed by atoms with E-state index in [2.05, 4.69) is 10.2 Å². The van der Waals surface area contributed by atoms with E-state index in [0.717, 1.165) is 51.2 Å². The monoisotopic (exact) mass is 270 g/mol. The van der Waals surface area contributed by atoms with E-state index in [-0.39, 0.29) is 17.4 Å². The van der Waals surface area contributed by atoms with Crippen molar-refractivity contribution >= 4 is 0 Å². The van der Waals surface area contributed by atoms with Gasteiger partial charge in [0.2, 0.25) is 0 Å². The first-order chi connectivity index (χ1) is 9.13. The Labute approximate surface area is 112 Å². The quantitative estimate of drug-likeness (QED) is 0.882. The molecule has 1 atom stereocenters. The molecule has 1 aliphatic heterocycles. The number of aromatic hydroxyl groups is 1. The molecule has 0 saturated carbocycles. The maximum Gasteiger partial charge on any atom is 0.134 e. The summed E-state index contributed by atoms with van der Waals surface area (Å²) in [6, 6.07) is 1.65. The summed E-state index contributed by atoms with van der Waals surface area (Å²) in [6.45, 7) is 5.34. The van der Waals surface area contributed by atoms with E-state index in [1.165, 1.54) is 0 Å². The van der Waals surface area contributed by atoms with Crippen molar-refractivity contribution < 1.29 is 13.9 Å². The highest BCUT2D eigenvalue weighted by Gasteiger charge is 2.27. The maximum atomic E-state index is 14.0. The lowest BCUT2D eigenvalue weighted by atomic mass is 9.98. The van der Waals surface area contributed by atoms with Crippen molar-refractivity contribution in [1.82, 2.24) is 10.2 Å². The summed E-state index contributed by atoms with van der Waals surface area (Å²) in [5.41, 5.74) is 0.227. The van der Waals surface area contributed by atoms with E-state index < -0.39 is 11.6 Å². The minimum atomic E-state index is -0.741. The van der Waals surface area contributed by atoms with Crippen LogP contribution in [-0.2, 0) is 0 Å². The van der Waals surface area contributed by atoms with Crippen LogP contribution in [0.1, 0.15) is 31.4 Å². The molecule has 1 fully saturated rings. The largest absolute Gasteiger partial charge is 0.507 e. The molecule has 0 amide bonds. The third-order valence-electron chi connectivity index (χ3n) is 3.56.